The summed E-state index contributed by atoms with van der Waals surface area (Å²) in [6, 6.07) is 16.0. The van der Waals surface area contributed by atoms with Gasteiger partial charge in [0.2, 0.25) is 5.88 Å². The Bertz CT molecular complexity index is 1040. The highest BCUT2D eigenvalue weighted by atomic mass is 19.1. The Morgan fingerprint density at radius 3 is 2.46 bits per heavy atom. The molecule has 2 aromatic carbocycles. The van der Waals surface area contributed by atoms with Gasteiger partial charge in [0.25, 0.3) is 0 Å². The molecule has 8 heteroatoms. The van der Waals surface area contributed by atoms with Crippen LogP contribution in [0.25, 0.3) is 5.69 Å². The highest BCUT2D eigenvalue weighted by Gasteiger charge is 2.24. The molecule has 0 fully saturated rings. The summed E-state index contributed by atoms with van der Waals surface area (Å²) in [6.45, 7) is 8.06. The molecule has 7 nitrogen and oxygen atoms in total. The summed E-state index contributed by atoms with van der Waals surface area (Å²) in [6.07, 6.45) is 0.0352. The number of benzene rings is 2. The molecular weight excluding hydrogens is 449 g/mol. The molecule has 1 atom stereocenters. The summed E-state index contributed by atoms with van der Waals surface area (Å²) in [5.74, 6) is 0.130. The minimum Gasteiger partial charge on any atom is -0.435 e. The smallest absolute Gasteiger partial charge is 0.227 e. The largest absolute Gasteiger partial charge is 0.435 e. The number of aryl methyl sites for hydroxylation is 1. The van der Waals surface area contributed by atoms with E-state index in [2.05, 4.69) is 4.90 Å². The lowest BCUT2D eigenvalue weighted by Gasteiger charge is -2.25. The van der Waals surface area contributed by atoms with Crippen LogP contribution >= 0.6 is 0 Å². The van der Waals surface area contributed by atoms with E-state index < -0.39 is 11.9 Å². The van der Waals surface area contributed by atoms with Crippen molar-refractivity contribution < 1.29 is 23.7 Å². The molecular formula is C27H36FN3O4. The second-order valence-electron chi connectivity index (χ2n) is 8.63. The molecule has 1 N–H and O–H groups in total. The van der Waals surface area contributed by atoms with E-state index >= 15 is 0 Å². The van der Waals surface area contributed by atoms with E-state index in [9.17, 15) is 9.50 Å². The van der Waals surface area contributed by atoms with Crippen LogP contribution in [0.5, 0.6) is 11.6 Å². The topological polar surface area (TPSA) is 69.0 Å². The summed E-state index contributed by atoms with van der Waals surface area (Å²) in [7, 11) is 1.65. The summed E-state index contributed by atoms with van der Waals surface area (Å²) in [5.41, 5.74) is 2.50. The van der Waals surface area contributed by atoms with Crippen LogP contribution in [0.1, 0.15) is 32.0 Å². The first-order valence-electron chi connectivity index (χ1n) is 12.0. The Morgan fingerprint density at radius 2 is 1.80 bits per heavy atom. The second kappa shape index (κ2) is 13.3. The van der Waals surface area contributed by atoms with Crippen molar-refractivity contribution in [2.45, 2.75) is 45.9 Å². The summed E-state index contributed by atoms with van der Waals surface area (Å²) < 4.78 is 33.3. The lowest BCUT2D eigenvalue weighted by Crippen LogP contribution is -2.37. The van der Waals surface area contributed by atoms with Crippen molar-refractivity contribution in [3.8, 4) is 17.3 Å². The van der Waals surface area contributed by atoms with E-state index in [-0.39, 0.29) is 18.5 Å². The Hall–Kier alpha value is -2.78. The summed E-state index contributed by atoms with van der Waals surface area (Å²) >= 11 is 0. The van der Waals surface area contributed by atoms with E-state index in [0.29, 0.717) is 38.5 Å². The second-order valence-corrected chi connectivity index (χ2v) is 8.63. The van der Waals surface area contributed by atoms with Crippen LogP contribution in [-0.2, 0) is 22.4 Å². The van der Waals surface area contributed by atoms with Crippen molar-refractivity contribution in [2.24, 2.45) is 0 Å². The van der Waals surface area contributed by atoms with Crippen molar-refractivity contribution in [3.63, 3.8) is 0 Å². The fourth-order valence-corrected chi connectivity index (χ4v) is 3.73. The van der Waals surface area contributed by atoms with Gasteiger partial charge < -0.3 is 19.3 Å². The maximum Gasteiger partial charge on any atom is 0.227 e. The maximum atomic E-state index is 14.6. The molecule has 0 unspecified atom stereocenters. The molecule has 1 heterocycles. The molecule has 0 saturated heterocycles. The number of methoxy groups -OCH3 is 1. The first-order chi connectivity index (χ1) is 16.9. The number of nitrogens with zero attached hydrogens (tertiary/aromatic N) is 3. The van der Waals surface area contributed by atoms with Crippen molar-refractivity contribution in [3.05, 3.63) is 71.7 Å². The summed E-state index contributed by atoms with van der Waals surface area (Å²) in [5, 5.41) is 15.4. The van der Waals surface area contributed by atoms with Gasteiger partial charge in [-0.2, -0.15) is 5.10 Å². The lowest BCUT2D eigenvalue weighted by molar-refractivity contribution is -0.0122. The molecule has 35 heavy (non-hydrogen) atoms. The van der Waals surface area contributed by atoms with Gasteiger partial charge in [-0.15, -0.1) is 0 Å². The van der Waals surface area contributed by atoms with E-state index in [4.69, 9.17) is 19.3 Å². The highest BCUT2D eigenvalue weighted by molar-refractivity contribution is 5.44. The van der Waals surface area contributed by atoms with Crippen LogP contribution < -0.4 is 4.74 Å². The highest BCUT2D eigenvalue weighted by Crippen LogP contribution is 2.33. The average Bonchev–Trinajstić information content (AvgIpc) is 3.20. The number of hydrogen-bond acceptors (Lipinski definition) is 6. The van der Waals surface area contributed by atoms with Gasteiger partial charge in [0.1, 0.15) is 0 Å². The van der Waals surface area contributed by atoms with Gasteiger partial charge in [-0.1, -0.05) is 37.3 Å². The van der Waals surface area contributed by atoms with Gasteiger partial charge >= 0.3 is 0 Å². The number of hydrogen-bond donors (Lipinski definition) is 1. The number of aliphatic hydroxyl groups excluding tert-OH is 1. The standard InChI is InChI=1S/C27H36FN3O4/c1-5-25-23(18-30(15-16-33-4)17-22(32)19-34-20(2)3)27(35-26-14-10-9-13-24(26)28)31(29-25)21-11-7-6-8-12-21/h6-14,20,22,32H,5,15-19H2,1-4H3/t22-/m0/s1. The van der Waals surface area contributed by atoms with Crippen LogP contribution in [-0.4, -0.2) is 65.4 Å². The zero-order valence-electron chi connectivity index (χ0n) is 21.0. The Morgan fingerprint density at radius 1 is 1.09 bits per heavy atom. The lowest BCUT2D eigenvalue weighted by atomic mass is 10.1. The number of rotatable bonds is 14. The number of aromatic nitrogens is 2. The van der Waals surface area contributed by atoms with E-state index in [0.717, 1.165) is 16.9 Å². The SMILES string of the molecule is CCc1nn(-c2ccccc2)c(Oc2ccccc2F)c1CN(CCOC)C[C@H](O)COC(C)C. The third-order valence-electron chi connectivity index (χ3n) is 5.48. The van der Waals surface area contributed by atoms with Crippen LogP contribution in [0.3, 0.4) is 0 Å². The third-order valence-corrected chi connectivity index (χ3v) is 5.48. The van der Waals surface area contributed by atoms with Crippen LogP contribution in [0.15, 0.2) is 54.6 Å². The molecule has 3 rings (SSSR count). The average molecular weight is 486 g/mol. The minimum atomic E-state index is -0.667. The van der Waals surface area contributed by atoms with Crippen molar-refractivity contribution in [2.75, 3.05) is 33.4 Å². The molecule has 0 aliphatic rings. The van der Waals surface area contributed by atoms with Crippen molar-refractivity contribution >= 4 is 0 Å². The first kappa shape index (κ1) is 26.8. The molecule has 0 radical (unpaired) electrons. The predicted octanol–water partition coefficient (Wildman–Crippen LogP) is 4.60. The zero-order chi connectivity index (χ0) is 25.2. The number of para-hydroxylation sites is 2. The monoisotopic (exact) mass is 485 g/mol. The molecule has 1 aromatic heterocycles. The summed E-state index contributed by atoms with van der Waals surface area (Å²) in [4.78, 5) is 2.08. The van der Waals surface area contributed by atoms with E-state index in [1.807, 2.05) is 51.1 Å². The molecule has 0 spiro atoms. The Kier molecular flexibility index (Phi) is 10.2. The molecule has 0 saturated carbocycles. The van der Waals surface area contributed by atoms with Crippen LogP contribution in [0, 0.1) is 5.82 Å². The van der Waals surface area contributed by atoms with Gasteiger partial charge in [-0.3, -0.25) is 4.90 Å². The predicted molar refractivity (Wildman–Crippen MR) is 134 cm³/mol. The fourth-order valence-electron chi connectivity index (χ4n) is 3.73. The van der Waals surface area contributed by atoms with Gasteiger partial charge in [0.05, 0.1) is 42.4 Å². The van der Waals surface area contributed by atoms with Crippen molar-refractivity contribution in [1.82, 2.24) is 14.7 Å². The molecule has 0 bridgehead atoms. The quantitative estimate of drug-likeness (QED) is 0.360. The van der Waals surface area contributed by atoms with Gasteiger partial charge in [-0.05, 0) is 44.5 Å². The molecule has 0 amide bonds. The van der Waals surface area contributed by atoms with E-state index in [1.165, 1.54) is 6.07 Å². The number of aliphatic hydroxyl groups is 1. The molecule has 0 aliphatic carbocycles. The van der Waals surface area contributed by atoms with Gasteiger partial charge in [0, 0.05) is 26.7 Å². The Balaban J connectivity index is 1.98. The minimum absolute atomic E-state index is 0.0358. The normalized spacial score (nSPS) is 12.5. The fraction of sp³-hybridized carbons (Fsp3) is 0.444. The number of halogens is 1. The van der Waals surface area contributed by atoms with Gasteiger partial charge in [0.15, 0.2) is 11.6 Å². The molecule has 3 aromatic rings. The molecule has 0 aliphatic heterocycles. The van der Waals surface area contributed by atoms with E-state index in [1.54, 1.807) is 30.0 Å². The number of ether oxygens (including phenoxy) is 3. The van der Waals surface area contributed by atoms with Crippen molar-refractivity contribution in [1.29, 1.82) is 0 Å². The maximum absolute atomic E-state index is 14.6. The van der Waals surface area contributed by atoms with Gasteiger partial charge in [-0.25, -0.2) is 9.07 Å². The van der Waals surface area contributed by atoms with Crippen LogP contribution in [0.4, 0.5) is 4.39 Å². The third kappa shape index (κ3) is 7.60. The van der Waals surface area contributed by atoms with Crippen LogP contribution in [0.2, 0.25) is 0 Å². The zero-order valence-corrected chi connectivity index (χ0v) is 21.0. The Labute approximate surface area is 207 Å². The first-order valence-corrected chi connectivity index (χ1v) is 12.0. The molecule has 190 valence electrons.